The van der Waals surface area contributed by atoms with Gasteiger partial charge in [-0.05, 0) is 19.9 Å². The zero-order valence-corrected chi connectivity index (χ0v) is 10.8. The molecule has 1 saturated carbocycles. The summed E-state index contributed by atoms with van der Waals surface area (Å²) in [5.74, 6) is 0. The van der Waals surface area contributed by atoms with Gasteiger partial charge in [-0.3, -0.25) is 0 Å². The van der Waals surface area contributed by atoms with Crippen molar-refractivity contribution < 1.29 is 31.1 Å². The molecule has 114 valence electrons. The average Bonchev–Trinajstić information content (AvgIpc) is 2.23. The van der Waals surface area contributed by atoms with Crippen molar-refractivity contribution in [3.63, 3.8) is 0 Å². The van der Waals surface area contributed by atoms with Gasteiger partial charge < -0.3 is 10.1 Å². The van der Waals surface area contributed by atoms with E-state index in [9.17, 15) is 26.3 Å². The summed E-state index contributed by atoms with van der Waals surface area (Å²) >= 11 is 0. The number of rotatable bonds is 4. The fraction of sp³-hybridized carbons (Fsp3) is 1.00. The highest BCUT2D eigenvalue weighted by Gasteiger charge is 2.62. The second kappa shape index (κ2) is 5.12. The van der Waals surface area contributed by atoms with Crippen molar-refractivity contribution in [3.8, 4) is 0 Å². The summed E-state index contributed by atoms with van der Waals surface area (Å²) < 4.78 is 78.8. The van der Waals surface area contributed by atoms with Gasteiger partial charge in [-0.2, -0.15) is 26.3 Å². The Kier molecular flexibility index (Phi) is 4.46. The smallest absolute Gasteiger partial charge is 0.357 e. The lowest BCUT2D eigenvalue weighted by Crippen LogP contribution is -2.64. The second-order valence-corrected chi connectivity index (χ2v) is 5.02. The molecule has 1 N–H and O–H groups in total. The first-order chi connectivity index (χ1) is 8.46. The summed E-state index contributed by atoms with van der Waals surface area (Å²) in [5.41, 5.74) is -0.719. The average molecular weight is 293 g/mol. The van der Waals surface area contributed by atoms with E-state index in [1.54, 1.807) is 20.9 Å². The Labute approximate surface area is 107 Å². The topological polar surface area (TPSA) is 21.3 Å². The molecule has 0 aliphatic heterocycles. The lowest BCUT2D eigenvalue weighted by molar-refractivity contribution is -0.347. The van der Waals surface area contributed by atoms with E-state index in [0.29, 0.717) is 6.42 Å². The summed E-state index contributed by atoms with van der Waals surface area (Å²) in [7, 11) is 1.62. The molecular weight excluding hydrogens is 276 g/mol. The van der Waals surface area contributed by atoms with E-state index in [4.69, 9.17) is 0 Å². The van der Waals surface area contributed by atoms with Crippen molar-refractivity contribution >= 4 is 0 Å². The molecule has 0 heterocycles. The SMILES string of the molecule is CCC1(C)C(NC)CC1OC(C(F)(F)F)C(F)(F)F. The number of halogens is 6. The number of hydrogen-bond donors (Lipinski definition) is 1. The van der Waals surface area contributed by atoms with Crippen LogP contribution in [0.5, 0.6) is 0 Å². The normalized spacial score (nSPS) is 32.5. The Hall–Kier alpha value is -0.500. The van der Waals surface area contributed by atoms with E-state index in [1.807, 2.05) is 0 Å². The van der Waals surface area contributed by atoms with Crippen molar-refractivity contribution in [2.45, 2.75) is 57.3 Å². The van der Waals surface area contributed by atoms with Gasteiger partial charge in [0.05, 0.1) is 6.10 Å². The molecule has 0 bridgehead atoms. The van der Waals surface area contributed by atoms with Gasteiger partial charge in [0, 0.05) is 11.5 Å². The first-order valence-electron chi connectivity index (χ1n) is 5.93. The third-order valence-corrected chi connectivity index (χ3v) is 3.99. The zero-order chi connectivity index (χ0) is 15.1. The number of nitrogens with one attached hydrogen (secondary N) is 1. The molecule has 3 atom stereocenters. The Bertz CT molecular complexity index is 301. The van der Waals surface area contributed by atoms with Gasteiger partial charge >= 0.3 is 12.4 Å². The number of hydrogen-bond acceptors (Lipinski definition) is 2. The van der Waals surface area contributed by atoms with Crippen LogP contribution < -0.4 is 5.32 Å². The van der Waals surface area contributed by atoms with Crippen molar-refractivity contribution in [1.82, 2.24) is 5.32 Å². The van der Waals surface area contributed by atoms with E-state index in [2.05, 4.69) is 10.1 Å². The molecular formula is C11H17F6NO. The molecule has 3 unspecified atom stereocenters. The second-order valence-electron chi connectivity index (χ2n) is 5.02. The van der Waals surface area contributed by atoms with Crippen LogP contribution in [0.25, 0.3) is 0 Å². The Morgan fingerprint density at radius 1 is 1.21 bits per heavy atom. The van der Waals surface area contributed by atoms with Crippen LogP contribution in [0.3, 0.4) is 0 Å². The van der Waals surface area contributed by atoms with Crippen LogP contribution in [-0.4, -0.2) is 37.7 Å². The number of alkyl halides is 6. The quantitative estimate of drug-likeness (QED) is 0.803. The third kappa shape index (κ3) is 3.16. The lowest BCUT2D eigenvalue weighted by Gasteiger charge is -2.54. The van der Waals surface area contributed by atoms with Gasteiger partial charge in [0.15, 0.2) is 0 Å². The molecule has 0 saturated heterocycles. The van der Waals surface area contributed by atoms with E-state index in [1.165, 1.54) is 0 Å². The van der Waals surface area contributed by atoms with E-state index < -0.39 is 30.0 Å². The highest BCUT2D eigenvalue weighted by molar-refractivity contribution is 5.05. The maximum absolute atomic E-state index is 12.4. The van der Waals surface area contributed by atoms with Gasteiger partial charge in [0.1, 0.15) is 0 Å². The molecule has 2 nitrogen and oxygen atoms in total. The predicted molar refractivity (Wildman–Crippen MR) is 56.6 cm³/mol. The van der Waals surface area contributed by atoms with Gasteiger partial charge in [-0.1, -0.05) is 13.8 Å². The fourth-order valence-corrected chi connectivity index (χ4v) is 2.45. The highest BCUT2D eigenvalue weighted by atomic mass is 19.4. The summed E-state index contributed by atoms with van der Waals surface area (Å²) in [6, 6.07) is -0.135. The van der Waals surface area contributed by atoms with E-state index in [0.717, 1.165) is 0 Å². The molecule has 0 aromatic carbocycles. The molecule has 0 radical (unpaired) electrons. The molecule has 0 amide bonds. The van der Waals surface area contributed by atoms with Crippen LogP contribution in [0.1, 0.15) is 26.7 Å². The summed E-state index contributed by atoms with van der Waals surface area (Å²) in [4.78, 5) is 0. The summed E-state index contributed by atoms with van der Waals surface area (Å²) in [5, 5.41) is 2.88. The summed E-state index contributed by atoms with van der Waals surface area (Å²) in [6.45, 7) is 3.35. The first-order valence-corrected chi connectivity index (χ1v) is 5.93. The largest absolute Gasteiger partial charge is 0.423 e. The van der Waals surface area contributed by atoms with Crippen LogP contribution in [0.4, 0.5) is 26.3 Å². The van der Waals surface area contributed by atoms with Crippen molar-refractivity contribution in [2.24, 2.45) is 5.41 Å². The van der Waals surface area contributed by atoms with Crippen molar-refractivity contribution in [2.75, 3.05) is 7.05 Å². The Morgan fingerprint density at radius 2 is 1.68 bits per heavy atom. The molecule has 1 aliphatic rings. The molecule has 1 aliphatic carbocycles. The van der Waals surface area contributed by atoms with Crippen molar-refractivity contribution in [1.29, 1.82) is 0 Å². The third-order valence-electron chi connectivity index (χ3n) is 3.99. The Morgan fingerprint density at radius 3 is 2.00 bits per heavy atom. The van der Waals surface area contributed by atoms with Crippen LogP contribution in [-0.2, 0) is 4.74 Å². The van der Waals surface area contributed by atoms with Crippen LogP contribution in [0.15, 0.2) is 0 Å². The Balaban J connectivity index is 2.83. The van der Waals surface area contributed by atoms with Crippen molar-refractivity contribution in [3.05, 3.63) is 0 Å². The van der Waals surface area contributed by atoms with Crippen LogP contribution >= 0.6 is 0 Å². The molecule has 0 aromatic heterocycles. The first kappa shape index (κ1) is 16.6. The molecule has 1 fully saturated rings. The number of ether oxygens (including phenoxy) is 1. The van der Waals surface area contributed by atoms with Gasteiger partial charge in [0.2, 0.25) is 6.10 Å². The molecule has 8 heteroatoms. The fourth-order valence-electron chi connectivity index (χ4n) is 2.45. The predicted octanol–water partition coefficient (Wildman–Crippen LogP) is 3.27. The standard InChI is InChI=1S/C11H17F6NO/c1-4-9(2)6(18-3)5-7(9)19-8(10(12,13)14)11(15,16)17/h6-8,18H,4-5H2,1-3H3. The molecule has 0 spiro atoms. The van der Waals surface area contributed by atoms with Gasteiger partial charge in [0.25, 0.3) is 0 Å². The van der Waals surface area contributed by atoms with Crippen LogP contribution in [0.2, 0.25) is 0 Å². The highest BCUT2D eigenvalue weighted by Crippen LogP contribution is 2.48. The maximum atomic E-state index is 12.4. The van der Waals surface area contributed by atoms with E-state index >= 15 is 0 Å². The zero-order valence-electron chi connectivity index (χ0n) is 10.8. The minimum atomic E-state index is -5.45. The molecule has 1 rings (SSSR count). The monoisotopic (exact) mass is 293 g/mol. The minimum absolute atomic E-state index is 0.135. The maximum Gasteiger partial charge on any atom is 0.423 e. The lowest BCUT2D eigenvalue weighted by atomic mass is 9.61. The van der Waals surface area contributed by atoms with E-state index in [-0.39, 0.29) is 12.5 Å². The molecule has 19 heavy (non-hydrogen) atoms. The molecule has 0 aromatic rings. The van der Waals surface area contributed by atoms with Gasteiger partial charge in [-0.25, -0.2) is 0 Å². The summed E-state index contributed by atoms with van der Waals surface area (Å²) in [6.07, 6.45) is -15.1. The van der Waals surface area contributed by atoms with Gasteiger partial charge in [-0.15, -0.1) is 0 Å². The minimum Gasteiger partial charge on any atom is -0.357 e. The van der Waals surface area contributed by atoms with Crippen LogP contribution in [0, 0.1) is 5.41 Å².